The molecule has 0 aliphatic heterocycles. The molecule has 0 fully saturated rings. The molecule has 2 unspecified atom stereocenters. The average molecular weight is 1210 g/mol. The molecule has 0 aliphatic rings. The van der Waals surface area contributed by atoms with Gasteiger partial charge in [-0.2, -0.15) is 0 Å². The molecular weight excluding hydrogens is 1050 g/mol. The molecule has 6 heteroatoms. The van der Waals surface area contributed by atoms with Crippen molar-refractivity contribution in [3.8, 4) is 0 Å². The highest BCUT2D eigenvalue weighted by molar-refractivity contribution is 5.76. The van der Waals surface area contributed by atoms with Crippen LogP contribution in [0.2, 0.25) is 0 Å². The Bertz CT molecular complexity index is 1350. The summed E-state index contributed by atoms with van der Waals surface area (Å²) in [5.74, 6) is -0.0446. The fourth-order valence-corrected chi connectivity index (χ4v) is 12.7. The Kier molecular flexibility index (Phi) is 74.3. The maximum atomic E-state index is 12.5. The largest absolute Gasteiger partial charge is 0.466 e. The van der Waals surface area contributed by atoms with Crippen LogP contribution in [0, 0.1) is 0 Å². The lowest BCUT2D eigenvalue weighted by Crippen LogP contribution is -2.45. The minimum atomic E-state index is -0.842. The van der Waals surface area contributed by atoms with E-state index in [1.807, 2.05) is 6.08 Å². The van der Waals surface area contributed by atoms with Crippen LogP contribution in [-0.2, 0) is 14.3 Å². The molecule has 0 saturated heterocycles. The topological polar surface area (TPSA) is 95.9 Å². The Hall–Kier alpha value is -1.66. The van der Waals surface area contributed by atoms with Gasteiger partial charge in [-0.05, 0) is 57.8 Å². The Morgan fingerprint density at radius 1 is 0.314 bits per heavy atom. The third kappa shape index (κ3) is 71.4. The highest BCUT2D eigenvalue weighted by atomic mass is 16.5. The maximum Gasteiger partial charge on any atom is 0.305 e. The number of esters is 1. The molecule has 0 radical (unpaired) electrons. The zero-order valence-electron chi connectivity index (χ0n) is 58.6. The Balaban J connectivity index is 3.34. The first-order valence-electron chi connectivity index (χ1n) is 39.6. The van der Waals surface area contributed by atoms with Gasteiger partial charge in [-0.15, -0.1) is 0 Å². The molecule has 0 aromatic rings. The molecule has 0 heterocycles. The number of hydrogen-bond donors (Lipinski definition) is 3. The lowest BCUT2D eigenvalue weighted by atomic mass is 10.0. The first-order valence-corrected chi connectivity index (χ1v) is 39.6. The average Bonchev–Trinajstić information content (AvgIpc) is 3.54. The molecule has 0 aliphatic carbocycles. The van der Waals surface area contributed by atoms with Gasteiger partial charge in [0.25, 0.3) is 0 Å². The second-order valence-electron chi connectivity index (χ2n) is 27.4. The van der Waals surface area contributed by atoms with Gasteiger partial charge in [0.1, 0.15) is 0 Å². The number of carbonyl (C=O) groups is 2. The summed E-state index contributed by atoms with van der Waals surface area (Å²) in [4.78, 5) is 24.6. The van der Waals surface area contributed by atoms with Crippen molar-refractivity contribution in [2.75, 3.05) is 13.2 Å². The van der Waals surface area contributed by atoms with E-state index in [1.165, 1.54) is 379 Å². The lowest BCUT2D eigenvalue weighted by molar-refractivity contribution is -0.143. The van der Waals surface area contributed by atoms with Crippen molar-refractivity contribution in [3.05, 3.63) is 24.3 Å². The number of amides is 1. The molecule has 1 amide bonds. The van der Waals surface area contributed by atoms with Crippen LogP contribution >= 0.6 is 0 Å². The van der Waals surface area contributed by atoms with Gasteiger partial charge in [-0.3, -0.25) is 9.59 Å². The summed E-state index contributed by atoms with van der Waals surface area (Å²) in [5, 5.41) is 23.3. The third-order valence-corrected chi connectivity index (χ3v) is 18.7. The van der Waals surface area contributed by atoms with Crippen molar-refractivity contribution < 1.29 is 24.5 Å². The van der Waals surface area contributed by atoms with Crippen molar-refractivity contribution >= 4 is 11.9 Å². The minimum absolute atomic E-state index is 0.0130. The zero-order chi connectivity index (χ0) is 62.0. The van der Waals surface area contributed by atoms with Crippen molar-refractivity contribution in [2.45, 2.75) is 463 Å². The number of carbonyl (C=O) groups excluding carboxylic acids is 2. The first-order chi connectivity index (χ1) is 42.5. The summed E-state index contributed by atoms with van der Waals surface area (Å²) in [6, 6.07) is -0.625. The molecule has 0 spiro atoms. The predicted octanol–water partition coefficient (Wildman–Crippen LogP) is 26.0. The van der Waals surface area contributed by atoms with Gasteiger partial charge in [-0.1, -0.05) is 404 Å². The maximum absolute atomic E-state index is 12.5. The van der Waals surface area contributed by atoms with Crippen LogP contribution < -0.4 is 5.32 Å². The number of allylic oxidation sites excluding steroid dienone is 3. The molecule has 510 valence electrons. The van der Waals surface area contributed by atoms with E-state index < -0.39 is 12.1 Å². The van der Waals surface area contributed by atoms with E-state index >= 15 is 0 Å². The summed E-state index contributed by atoms with van der Waals surface area (Å²) < 4.78 is 5.48. The van der Waals surface area contributed by atoms with Gasteiger partial charge in [-0.25, -0.2) is 0 Å². The van der Waals surface area contributed by atoms with Gasteiger partial charge in [0.05, 0.1) is 25.4 Å². The van der Waals surface area contributed by atoms with Gasteiger partial charge in [0.2, 0.25) is 5.91 Å². The molecule has 3 N–H and O–H groups in total. The van der Waals surface area contributed by atoms with Crippen molar-refractivity contribution in [3.63, 3.8) is 0 Å². The second-order valence-corrected chi connectivity index (χ2v) is 27.4. The first kappa shape index (κ1) is 84.3. The number of aliphatic hydroxyl groups excluding tert-OH is 2. The standard InChI is InChI=1S/C80H155NO5/c1-3-5-7-9-11-13-15-17-18-19-20-21-37-40-43-46-49-52-56-60-64-68-72-78(83)77(76-82)81-79(84)73-69-65-61-57-53-50-47-44-41-38-35-33-31-29-27-25-23-22-24-26-28-30-32-34-36-39-42-45-48-51-55-59-63-67-71-75-86-80(85)74-70-66-62-58-54-16-14-12-10-8-6-4-2/h12,14,68,72,77-78,82-83H,3-11,13,15-67,69-71,73-76H2,1-2H3,(H,81,84)/b14-12-,72-68+. The molecule has 0 bridgehead atoms. The summed E-state index contributed by atoms with van der Waals surface area (Å²) >= 11 is 0. The van der Waals surface area contributed by atoms with Crippen LogP contribution in [0.5, 0.6) is 0 Å². The van der Waals surface area contributed by atoms with E-state index in [1.54, 1.807) is 6.08 Å². The van der Waals surface area contributed by atoms with Crippen LogP contribution in [0.1, 0.15) is 450 Å². The second kappa shape index (κ2) is 75.8. The van der Waals surface area contributed by atoms with E-state index in [4.69, 9.17) is 4.74 Å². The zero-order valence-corrected chi connectivity index (χ0v) is 58.6. The van der Waals surface area contributed by atoms with E-state index in [2.05, 4.69) is 31.3 Å². The van der Waals surface area contributed by atoms with Gasteiger partial charge in [0, 0.05) is 12.8 Å². The molecule has 0 saturated carbocycles. The minimum Gasteiger partial charge on any atom is -0.466 e. The highest BCUT2D eigenvalue weighted by Crippen LogP contribution is 2.20. The summed E-state index contributed by atoms with van der Waals surface area (Å²) in [5.41, 5.74) is 0. The van der Waals surface area contributed by atoms with Crippen molar-refractivity contribution in [2.24, 2.45) is 0 Å². The Labute approximate surface area is 539 Å². The fourth-order valence-electron chi connectivity index (χ4n) is 12.7. The summed E-state index contributed by atoms with van der Waals surface area (Å²) in [6.07, 6.45) is 97.4. The number of rotatable bonds is 75. The Morgan fingerprint density at radius 2 is 0.547 bits per heavy atom. The van der Waals surface area contributed by atoms with Crippen LogP contribution in [0.15, 0.2) is 24.3 Å². The molecular formula is C80H155NO5. The monoisotopic (exact) mass is 1210 g/mol. The Morgan fingerprint density at radius 3 is 0.849 bits per heavy atom. The highest BCUT2D eigenvalue weighted by Gasteiger charge is 2.18. The number of unbranched alkanes of at least 4 members (excludes halogenated alkanes) is 62. The lowest BCUT2D eigenvalue weighted by Gasteiger charge is -2.20. The summed E-state index contributed by atoms with van der Waals surface area (Å²) in [6.45, 7) is 4.93. The molecule has 0 aromatic carbocycles. The molecule has 6 nitrogen and oxygen atoms in total. The van der Waals surface area contributed by atoms with Crippen molar-refractivity contribution in [1.82, 2.24) is 5.32 Å². The number of ether oxygens (including phenoxy) is 1. The van der Waals surface area contributed by atoms with Gasteiger partial charge in [0.15, 0.2) is 0 Å². The predicted molar refractivity (Wildman–Crippen MR) is 380 cm³/mol. The number of hydrogen-bond acceptors (Lipinski definition) is 5. The van der Waals surface area contributed by atoms with Gasteiger partial charge >= 0.3 is 5.97 Å². The van der Waals surface area contributed by atoms with Crippen LogP contribution in [0.4, 0.5) is 0 Å². The number of nitrogens with one attached hydrogen (secondary N) is 1. The molecule has 86 heavy (non-hydrogen) atoms. The fraction of sp³-hybridized carbons (Fsp3) is 0.925. The summed E-state index contributed by atoms with van der Waals surface area (Å²) in [7, 11) is 0. The van der Waals surface area contributed by atoms with Crippen LogP contribution in [-0.4, -0.2) is 47.4 Å². The normalized spacial score (nSPS) is 12.6. The molecule has 0 rings (SSSR count). The molecule has 2 atom stereocenters. The number of aliphatic hydroxyl groups is 2. The smallest absolute Gasteiger partial charge is 0.305 e. The third-order valence-electron chi connectivity index (χ3n) is 18.7. The van der Waals surface area contributed by atoms with E-state index in [-0.39, 0.29) is 18.5 Å². The van der Waals surface area contributed by atoms with Crippen molar-refractivity contribution in [1.29, 1.82) is 0 Å². The van der Waals surface area contributed by atoms with Crippen LogP contribution in [0.3, 0.4) is 0 Å². The van der Waals surface area contributed by atoms with E-state index in [0.29, 0.717) is 19.4 Å². The van der Waals surface area contributed by atoms with E-state index in [0.717, 1.165) is 44.9 Å². The quantitative estimate of drug-likeness (QED) is 0.0320. The van der Waals surface area contributed by atoms with E-state index in [9.17, 15) is 19.8 Å². The molecule has 0 aromatic heterocycles. The van der Waals surface area contributed by atoms with Crippen LogP contribution in [0.25, 0.3) is 0 Å². The van der Waals surface area contributed by atoms with Gasteiger partial charge < -0.3 is 20.3 Å². The SMILES string of the molecule is CCCCC/C=C\CCCCCCCC(=O)OCCCCCCCCCCCCCCCCCCCCCCCCCCCCCCCCCCCCCC(=O)NC(CO)C(O)/C=C/CCCCCCCCCCCCCCCCCCCCCC.